The molecule has 2 aromatic carbocycles. The number of para-hydroxylation sites is 3. The fraction of sp³-hybridized carbons (Fsp3) is 0.0870. The van der Waals surface area contributed by atoms with Crippen LogP contribution in [0.25, 0.3) is 17.1 Å². The van der Waals surface area contributed by atoms with Crippen molar-refractivity contribution in [2.45, 2.75) is 0 Å². The Labute approximate surface area is 178 Å². The molecule has 1 amide bonds. The molecule has 0 aliphatic heterocycles. The Kier molecular flexibility index (Phi) is 6.08. The molecule has 0 aliphatic rings. The summed E-state index contributed by atoms with van der Waals surface area (Å²) in [7, 11) is 1.54. The van der Waals surface area contributed by atoms with Crippen LogP contribution in [0, 0.1) is 0 Å². The maximum Gasteiger partial charge on any atom is 0.277 e. The lowest BCUT2D eigenvalue weighted by Gasteiger charge is -2.09. The quantitative estimate of drug-likeness (QED) is 0.350. The fourth-order valence-corrected chi connectivity index (χ4v) is 2.89. The lowest BCUT2D eigenvalue weighted by molar-refractivity contribution is -0.123. The number of furan rings is 1. The first-order chi connectivity index (χ1) is 15.2. The zero-order chi connectivity index (χ0) is 21.5. The van der Waals surface area contributed by atoms with E-state index in [0.29, 0.717) is 28.5 Å². The van der Waals surface area contributed by atoms with Gasteiger partial charge in [-0.05, 0) is 36.4 Å². The third kappa shape index (κ3) is 4.81. The molecule has 4 rings (SSSR count). The van der Waals surface area contributed by atoms with Crippen molar-refractivity contribution in [1.82, 2.24) is 15.2 Å². The summed E-state index contributed by atoms with van der Waals surface area (Å²) in [6, 6.07) is 20.4. The smallest absolute Gasteiger partial charge is 0.277 e. The highest BCUT2D eigenvalue weighted by atomic mass is 16.5. The number of nitrogens with one attached hydrogen (secondary N) is 1. The van der Waals surface area contributed by atoms with E-state index in [0.717, 1.165) is 5.69 Å². The van der Waals surface area contributed by atoms with Crippen LogP contribution in [0.4, 0.5) is 0 Å². The van der Waals surface area contributed by atoms with E-state index >= 15 is 0 Å². The number of methoxy groups -OCH3 is 1. The van der Waals surface area contributed by atoms with Gasteiger partial charge in [0.15, 0.2) is 23.9 Å². The van der Waals surface area contributed by atoms with E-state index in [9.17, 15) is 4.79 Å². The lowest BCUT2D eigenvalue weighted by Crippen LogP contribution is -2.24. The van der Waals surface area contributed by atoms with Crippen molar-refractivity contribution >= 4 is 12.1 Å². The van der Waals surface area contributed by atoms with Crippen molar-refractivity contribution in [2.75, 3.05) is 13.7 Å². The molecule has 0 atom stereocenters. The van der Waals surface area contributed by atoms with E-state index in [-0.39, 0.29) is 6.61 Å². The van der Waals surface area contributed by atoms with Crippen LogP contribution in [0.15, 0.2) is 88.7 Å². The largest absolute Gasteiger partial charge is 0.493 e. The maximum absolute atomic E-state index is 12.1. The van der Waals surface area contributed by atoms with Crippen LogP contribution in [0.2, 0.25) is 0 Å². The fourth-order valence-electron chi connectivity index (χ4n) is 2.89. The monoisotopic (exact) mass is 416 g/mol. The summed E-state index contributed by atoms with van der Waals surface area (Å²) in [5.41, 5.74) is 4.64. The Morgan fingerprint density at radius 2 is 1.87 bits per heavy atom. The molecule has 0 bridgehead atoms. The first-order valence-corrected chi connectivity index (χ1v) is 9.51. The third-order valence-corrected chi connectivity index (χ3v) is 4.34. The zero-order valence-electron chi connectivity index (χ0n) is 16.8. The molecule has 0 fully saturated rings. The van der Waals surface area contributed by atoms with Crippen LogP contribution in [0.3, 0.4) is 0 Å². The zero-order valence-corrected chi connectivity index (χ0v) is 16.8. The summed E-state index contributed by atoms with van der Waals surface area (Å²) in [5.74, 6) is 1.22. The molecule has 0 unspecified atom stereocenters. The predicted octanol–water partition coefficient (Wildman–Crippen LogP) is 3.67. The number of carbonyl (C=O) groups excluding carboxylic acids is 1. The number of hydrazone groups is 1. The van der Waals surface area contributed by atoms with Crippen molar-refractivity contribution in [3.8, 4) is 28.6 Å². The minimum absolute atomic E-state index is 0.202. The maximum atomic E-state index is 12.1. The van der Waals surface area contributed by atoms with E-state index < -0.39 is 5.91 Å². The number of benzene rings is 2. The highest BCUT2D eigenvalue weighted by Crippen LogP contribution is 2.25. The average molecular weight is 416 g/mol. The molecule has 31 heavy (non-hydrogen) atoms. The number of nitrogens with zero attached hydrogens (tertiary/aromatic N) is 3. The first kappa shape index (κ1) is 20.0. The number of rotatable bonds is 8. The van der Waals surface area contributed by atoms with Crippen LogP contribution in [-0.2, 0) is 4.79 Å². The summed E-state index contributed by atoms with van der Waals surface area (Å²) < 4.78 is 17.9. The van der Waals surface area contributed by atoms with Gasteiger partial charge >= 0.3 is 0 Å². The number of hydrogen-bond acceptors (Lipinski definition) is 6. The van der Waals surface area contributed by atoms with E-state index in [1.54, 1.807) is 42.3 Å². The highest BCUT2D eigenvalue weighted by Gasteiger charge is 2.13. The molecule has 0 spiro atoms. The molecule has 0 saturated carbocycles. The number of carbonyl (C=O) groups is 1. The predicted molar refractivity (Wildman–Crippen MR) is 115 cm³/mol. The molecule has 2 aromatic heterocycles. The Bertz CT molecular complexity index is 1170. The number of ether oxygens (including phenoxy) is 2. The summed E-state index contributed by atoms with van der Waals surface area (Å²) in [6.07, 6.45) is 4.91. The second kappa shape index (κ2) is 9.45. The van der Waals surface area contributed by atoms with Crippen LogP contribution < -0.4 is 14.9 Å². The molecule has 8 heteroatoms. The molecule has 0 saturated heterocycles. The van der Waals surface area contributed by atoms with Gasteiger partial charge in [0.2, 0.25) is 0 Å². The van der Waals surface area contributed by atoms with Gasteiger partial charge in [-0.2, -0.15) is 10.2 Å². The standard InChI is InChI=1S/C23H20N4O4/c1-29-19-10-5-6-11-20(19)31-16-22(28)25-24-14-17-15-27(18-8-3-2-4-9-18)26-23(17)21-12-7-13-30-21/h2-15H,16H2,1H3,(H,25,28)/b24-14-. The van der Waals surface area contributed by atoms with Crippen molar-refractivity contribution in [3.63, 3.8) is 0 Å². The SMILES string of the molecule is COc1ccccc1OCC(=O)N/N=C\c1cn(-c2ccccc2)nc1-c1ccco1. The molecular weight excluding hydrogens is 396 g/mol. The van der Waals surface area contributed by atoms with Gasteiger partial charge in [0.05, 0.1) is 25.3 Å². The van der Waals surface area contributed by atoms with E-state index in [4.69, 9.17) is 13.9 Å². The molecule has 0 aliphatic carbocycles. The second-order valence-electron chi connectivity index (χ2n) is 6.42. The molecule has 0 radical (unpaired) electrons. The lowest BCUT2D eigenvalue weighted by atomic mass is 10.2. The van der Waals surface area contributed by atoms with Gasteiger partial charge in [-0.3, -0.25) is 4.79 Å². The number of amides is 1. The summed E-state index contributed by atoms with van der Waals surface area (Å²) >= 11 is 0. The third-order valence-electron chi connectivity index (χ3n) is 4.34. The van der Waals surface area contributed by atoms with E-state index in [2.05, 4.69) is 15.6 Å². The first-order valence-electron chi connectivity index (χ1n) is 9.51. The Morgan fingerprint density at radius 1 is 1.10 bits per heavy atom. The molecule has 1 N–H and O–H groups in total. The summed E-state index contributed by atoms with van der Waals surface area (Å²) in [5, 5.41) is 8.64. The van der Waals surface area contributed by atoms with Crippen LogP contribution in [0.5, 0.6) is 11.5 Å². The molecular formula is C23H20N4O4. The number of aromatic nitrogens is 2. The molecule has 8 nitrogen and oxygen atoms in total. The number of hydrogen-bond donors (Lipinski definition) is 1. The van der Waals surface area contributed by atoms with Gasteiger partial charge in [-0.15, -0.1) is 0 Å². The van der Waals surface area contributed by atoms with Crippen molar-refractivity contribution in [2.24, 2.45) is 5.10 Å². The Hall–Kier alpha value is -4.33. The summed E-state index contributed by atoms with van der Waals surface area (Å²) in [4.78, 5) is 12.1. The van der Waals surface area contributed by atoms with Gasteiger partial charge in [0.1, 0.15) is 5.69 Å². The van der Waals surface area contributed by atoms with Crippen LogP contribution in [0.1, 0.15) is 5.56 Å². The summed E-state index contributed by atoms with van der Waals surface area (Å²) in [6.45, 7) is -0.202. The highest BCUT2D eigenvalue weighted by molar-refractivity contribution is 5.88. The Morgan fingerprint density at radius 3 is 2.61 bits per heavy atom. The topological polar surface area (TPSA) is 90.9 Å². The second-order valence-corrected chi connectivity index (χ2v) is 6.42. The van der Waals surface area contributed by atoms with Crippen molar-refractivity contribution in [3.05, 3.63) is 84.8 Å². The van der Waals surface area contributed by atoms with Crippen molar-refractivity contribution < 1.29 is 18.7 Å². The van der Waals surface area contributed by atoms with E-state index in [1.165, 1.54) is 6.21 Å². The Balaban J connectivity index is 1.45. The van der Waals surface area contributed by atoms with Crippen LogP contribution in [-0.4, -0.2) is 35.6 Å². The average Bonchev–Trinajstić information content (AvgIpc) is 3.48. The normalized spacial score (nSPS) is 10.9. The van der Waals surface area contributed by atoms with Crippen LogP contribution >= 0.6 is 0 Å². The van der Waals surface area contributed by atoms with Gasteiger partial charge in [-0.1, -0.05) is 30.3 Å². The van der Waals surface area contributed by atoms with Gasteiger partial charge in [0, 0.05) is 11.8 Å². The van der Waals surface area contributed by atoms with E-state index in [1.807, 2.05) is 48.7 Å². The molecule has 4 aromatic rings. The minimum atomic E-state index is -0.405. The van der Waals surface area contributed by atoms with Gasteiger partial charge in [0.25, 0.3) is 5.91 Å². The van der Waals surface area contributed by atoms with Gasteiger partial charge < -0.3 is 13.9 Å². The molecule has 2 heterocycles. The molecule has 156 valence electrons. The minimum Gasteiger partial charge on any atom is -0.493 e. The van der Waals surface area contributed by atoms with Gasteiger partial charge in [-0.25, -0.2) is 10.1 Å². The van der Waals surface area contributed by atoms with Crippen molar-refractivity contribution in [1.29, 1.82) is 0 Å².